The average Bonchev–Trinajstić information content (AvgIpc) is 2.70. The number of benzene rings is 2. The number of nitrogens with zero attached hydrogens (tertiary/aromatic N) is 1. The van der Waals surface area contributed by atoms with E-state index in [1.165, 1.54) is 10.4 Å². The van der Waals surface area contributed by atoms with E-state index in [4.69, 9.17) is 9.16 Å². The molecule has 3 rings (SSSR count). The van der Waals surface area contributed by atoms with Crippen molar-refractivity contribution in [2.75, 3.05) is 13.2 Å². The fourth-order valence-electron chi connectivity index (χ4n) is 4.43. The number of hydrogen-bond donors (Lipinski definition) is 0. The van der Waals surface area contributed by atoms with Gasteiger partial charge in [0.1, 0.15) is 11.9 Å². The van der Waals surface area contributed by atoms with Gasteiger partial charge in [-0.25, -0.2) is 4.79 Å². The monoisotopic (exact) mass is 453 g/mol. The van der Waals surface area contributed by atoms with Crippen molar-refractivity contribution >= 4 is 31.1 Å². The van der Waals surface area contributed by atoms with E-state index >= 15 is 0 Å². The number of rotatable bonds is 6. The largest absolute Gasteiger partial charge is 0.444 e. The highest BCUT2D eigenvalue weighted by Gasteiger charge is 2.52. The Hall–Kier alpha value is -2.44. The summed E-state index contributed by atoms with van der Waals surface area (Å²) in [6.45, 7) is 12.8. The Morgan fingerprint density at radius 2 is 1.47 bits per heavy atom. The normalized spacial score (nSPS) is 19.2. The van der Waals surface area contributed by atoms with Crippen LogP contribution in [0.15, 0.2) is 60.7 Å². The van der Waals surface area contributed by atoms with Crippen molar-refractivity contribution in [1.82, 2.24) is 4.90 Å². The SMILES string of the molecule is CC(C)(C)OC(=O)N1C[C@@H](C=O)[C@H]1CO[Si](c1ccccc1)(c1ccccc1)C(C)(C)C. The molecule has 0 bridgehead atoms. The lowest BCUT2D eigenvalue weighted by Crippen LogP contribution is -2.69. The first kappa shape index (κ1) is 24.2. The Kier molecular flexibility index (Phi) is 6.96. The lowest BCUT2D eigenvalue weighted by molar-refractivity contribution is -0.121. The van der Waals surface area contributed by atoms with E-state index in [2.05, 4.69) is 45.0 Å². The van der Waals surface area contributed by atoms with Crippen molar-refractivity contribution in [3.8, 4) is 0 Å². The summed E-state index contributed by atoms with van der Waals surface area (Å²) >= 11 is 0. The second-order valence-electron chi connectivity index (χ2n) is 10.5. The molecule has 172 valence electrons. The molecule has 32 heavy (non-hydrogen) atoms. The van der Waals surface area contributed by atoms with E-state index in [1.807, 2.05) is 57.2 Å². The molecule has 0 aliphatic carbocycles. The van der Waals surface area contributed by atoms with Crippen molar-refractivity contribution < 1.29 is 18.8 Å². The quantitative estimate of drug-likeness (QED) is 0.490. The minimum Gasteiger partial charge on any atom is -0.444 e. The van der Waals surface area contributed by atoms with Crippen LogP contribution < -0.4 is 10.4 Å². The van der Waals surface area contributed by atoms with Gasteiger partial charge < -0.3 is 18.9 Å². The van der Waals surface area contributed by atoms with Crippen molar-refractivity contribution in [2.45, 2.75) is 58.2 Å². The second kappa shape index (κ2) is 9.20. The van der Waals surface area contributed by atoms with Crippen LogP contribution in [0, 0.1) is 5.92 Å². The molecule has 0 unspecified atom stereocenters. The molecule has 1 saturated heterocycles. The van der Waals surface area contributed by atoms with Gasteiger partial charge in [-0.05, 0) is 36.2 Å². The zero-order valence-corrected chi connectivity index (χ0v) is 21.0. The fraction of sp³-hybridized carbons (Fsp3) is 0.462. The van der Waals surface area contributed by atoms with Gasteiger partial charge in [-0.2, -0.15) is 0 Å². The lowest BCUT2D eigenvalue weighted by Gasteiger charge is -2.49. The molecule has 2 aromatic carbocycles. The summed E-state index contributed by atoms with van der Waals surface area (Å²) in [4.78, 5) is 26.0. The molecule has 1 amide bonds. The first-order chi connectivity index (χ1) is 15.0. The van der Waals surface area contributed by atoms with Crippen LogP contribution in [0.3, 0.4) is 0 Å². The van der Waals surface area contributed by atoms with Gasteiger partial charge in [-0.3, -0.25) is 0 Å². The Bertz CT molecular complexity index is 879. The van der Waals surface area contributed by atoms with E-state index in [-0.39, 0.29) is 23.6 Å². The highest BCUT2D eigenvalue weighted by molar-refractivity contribution is 6.99. The number of amides is 1. The number of hydrogen-bond acceptors (Lipinski definition) is 4. The summed E-state index contributed by atoms with van der Waals surface area (Å²) in [6.07, 6.45) is 0.534. The van der Waals surface area contributed by atoms with Crippen LogP contribution in [0.2, 0.25) is 5.04 Å². The highest BCUT2D eigenvalue weighted by Crippen LogP contribution is 2.38. The van der Waals surface area contributed by atoms with Crippen LogP contribution in [0.1, 0.15) is 41.5 Å². The topological polar surface area (TPSA) is 55.8 Å². The molecule has 6 heteroatoms. The standard InChI is InChI=1S/C26H35NO4Si/c1-25(2,3)31-24(29)27-17-20(18-28)23(27)19-30-32(26(4,5)6,21-13-9-7-10-14-21)22-15-11-8-12-16-22/h7-16,18,20,23H,17,19H2,1-6H3/t20-,23+/m0/s1. The van der Waals surface area contributed by atoms with E-state index in [0.29, 0.717) is 6.54 Å². The highest BCUT2D eigenvalue weighted by atomic mass is 28.4. The van der Waals surface area contributed by atoms with Crippen molar-refractivity contribution in [1.29, 1.82) is 0 Å². The molecule has 2 aromatic rings. The summed E-state index contributed by atoms with van der Waals surface area (Å²) in [7, 11) is -2.74. The van der Waals surface area contributed by atoms with Gasteiger partial charge in [0.15, 0.2) is 0 Å². The van der Waals surface area contributed by atoms with Gasteiger partial charge in [0, 0.05) is 6.54 Å². The van der Waals surface area contributed by atoms with Crippen LogP contribution in [-0.4, -0.2) is 50.4 Å². The predicted octanol–water partition coefficient (Wildman–Crippen LogP) is 4.00. The molecular weight excluding hydrogens is 418 g/mol. The first-order valence-electron chi connectivity index (χ1n) is 11.2. The van der Waals surface area contributed by atoms with Gasteiger partial charge in [0.05, 0.1) is 18.6 Å². The third kappa shape index (κ3) is 4.81. The zero-order chi connectivity index (χ0) is 23.6. The van der Waals surface area contributed by atoms with Crippen LogP contribution in [0.5, 0.6) is 0 Å². The van der Waals surface area contributed by atoms with Crippen LogP contribution >= 0.6 is 0 Å². The minimum atomic E-state index is -2.74. The smallest absolute Gasteiger partial charge is 0.410 e. The molecular formula is C26H35NO4Si. The van der Waals surface area contributed by atoms with Crippen molar-refractivity contribution in [2.24, 2.45) is 5.92 Å². The maximum absolute atomic E-state index is 12.7. The molecule has 0 radical (unpaired) electrons. The summed E-state index contributed by atoms with van der Waals surface area (Å²) in [5.74, 6) is -0.249. The maximum Gasteiger partial charge on any atom is 0.410 e. The molecule has 1 aliphatic heterocycles. The number of aldehydes is 1. The molecule has 1 heterocycles. The maximum atomic E-state index is 12.7. The molecule has 0 spiro atoms. The minimum absolute atomic E-state index is 0.174. The number of carbonyl (C=O) groups excluding carboxylic acids is 2. The molecule has 2 atom stereocenters. The Morgan fingerprint density at radius 1 is 0.969 bits per heavy atom. The summed E-state index contributed by atoms with van der Waals surface area (Å²) in [6, 6.07) is 20.4. The molecule has 1 fully saturated rings. The molecule has 0 N–H and O–H groups in total. The van der Waals surface area contributed by atoms with E-state index < -0.39 is 20.0 Å². The van der Waals surface area contributed by atoms with Crippen molar-refractivity contribution in [3.63, 3.8) is 0 Å². The Balaban J connectivity index is 1.96. The summed E-state index contributed by atoms with van der Waals surface area (Å²) < 4.78 is 12.5. The molecule has 0 saturated carbocycles. The average molecular weight is 454 g/mol. The van der Waals surface area contributed by atoms with Gasteiger partial charge in [-0.1, -0.05) is 81.4 Å². The number of likely N-dealkylation sites (tertiary alicyclic amines) is 1. The molecule has 5 nitrogen and oxygen atoms in total. The Labute approximate surface area is 192 Å². The van der Waals surface area contributed by atoms with E-state index in [9.17, 15) is 9.59 Å². The fourth-order valence-corrected chi connectivity index (χ4v) is 9.00. The predicted molar refractivity (Wildman–Crippen MR) is 130 cm³/mol. The third-order valence-corrected chi connectivity index (χ3v) is 11.0. The van der Waals surface area contributed by atoms with Crippen LogP contribution in [0.25, 0.3) is 0 Å². The lowest BCUT2D eigenvalue weighted by atomic mass is 9.91. The second-order valence-corrected chi connectivity index (χ2v) is 14.8. The van der Waals surface area contributed by atoms with Crippen LogP contribution in [-0.2, 0) is 14.0 Å². The van der Waals surface area contributed by atoms with Gasteiger partial charge >= 0.3 is 6.09 Å². The van der Waals surface area contributed by atoms with Crippen molar-refractivity contribution in [3.05, 3.63) is 60.7 Å². The van der Waals surface area contributed by atoms with Gasteiger partial charge in [0.25, 0.3) is 8.32 Å². The summed E-state index contributed by atoms with van der Waals surface area (Å²) in [5, 5.41) is 2.17. The zero-order valence-electron chi connectivity index (χ0n) is 20.0. The van der Waals surface area contributed by atoms with E-state index in [1.54, 1.807) is 4.90 Å². The Morgan fingerprint density at radius 3 is 1.88 bits per heavy atom. The third-order valence-electron chi connectivity index (χ3n) is 5.99. The van der Waals surface area contributed by atoms with Crippen LogP contribution in [0.4, 0.5) is 4.79 Å². The van der Waals surface area contributed by atoms with Gasteiger partial charge in [-0.15, -0.1) is 0 Å². The molecule has 1 aliphatic rings. The van der Waals surface area contributed by atoms with Gasteiger partial charge in [0.2, 0.25) is 0 Å². The molecule has 0 aromatic heterocycles. The number of ether oxygens (including phenoxy) is 1. The van der Waals surface area contributed by atoms with E-state index in [0.717, 1.165) is 6.29 Å². The number of carbonyl (C=O) groups is 2. The first-order valence-corrected chi connectivity index (χ1v) is 13.1. The summed E-state index contributed by atoms with van der Waals surface area (Å²) in [5.41, 5.74) is -0.591.